The number of allylic oxidation sites excluding steroid dienone is 2. The van der Waals surface area contributed by atoms with E-state index in [0.29, 0.717) is 0 Å². The number of carbonyl (C=O) groups excluding carboxylic acids is 1. The predicted octanol–water partition coefficient (Wildman–Crippen LogP) is 4.13. The summed E-state index contributed by atoms with van der Waals surface area (Å²) in [5.74, 6) is 0.259. The Morgan fingerprint density at radius 3 is 1.92 bits per heavy atom. The molecule has 0 N–H and O–H groups in total. The van der Waals surface area contributed by atoms with E-state index in [4.69, 9.17) is 0 Å². The maximum atomic E-state index is 10.7. The Kier molecular flexibility index (Phi) is 13.1. The molecule has 1 aliphatic carbocycles. The Balaban J connectivity index is 0. The van der Waals surface area contributed by atoms with Crippen molar-refractivity contribution in [1.82, 2.24) is 0 Å². The van der Waals surface area contributed by atoms with Crippen LogP contribution in [-0.2, 0) is 4.79 Å². The van der Waals surface area contributed by atoms with Gasteiger partial charge in [0, 0.05) is 0 Å². The van der Waals surface area contributed by atoms with Crippen LogP contribution < -0.4 is 0 Å². The average molecular weight is 184 g/mol. The van der Waals surface area contributed by atoms with E-state index in [1.54, 1.807) is 6.92 Å². The minimum atomic E-state index is 0.259. The van der Waals surface area contributed by atoms with Crippen LogP contribution in [0.5, 0.6) is 0 Å². The molecule has 1 nitrogen and oxygen atoms in total. The molecule has 0 heterocycles. The molecule has 1 heteroatoms. The lowest BCUT2D eigenvalue weighted by molar-refractivity contribution is -0.113. The van der Waals surface area contributed by atoms with E-state index in [2.05, 4.69) is 6.08 Å². The summed E-state index contributed by atoms with van der Waals surface area (Å²) in [4.78, 5) is 10.7. The van der Waals surface area contributed by atoms with Crippen LogP contribution in [0, 0.1) is 0 Å². The van der Waals surface area contributed by atoms with Gasteiger partial charge >= 0.3 is 0 Å². The van der Waals surface area contributed by atoms with Gasteiger partial charge < -0.3 is 0 Å². The SMILES string of the molecule is CC.CC.CC(=O)C1=CCCCC1. The van der Waals surface area contributed by atoms with Crippen molar-refractivity contribution in [3.05, 3.63) is 11.6 Å². The Bertz CT molecular complexity index is 145. The van der Waals surface area contributed by atoms with Crippen molar-refractivity contribution in [2.75, 3.05) is 0 Å². The van der Waals surface area contributed by atoms with Crippen molar-refractivity contribution in [2.45, 2.75) is 60.3 Å². The molecule has 0 unspecified atom stereocenters. The summed E-state index contributed by atoms with van der Waals surface area (Å²) in [7, 11) is 0. The Morgan fingerprint density at radius 2 is 1.69 bits per heavy atom. The van der Waals surface area contributed by atoms with Crippen LogP contribution in [0.2, 0.25) is 0 Å². The standard InChI is InChI=1S/C8H12O.2C2H6/c1-7(9)8-5-3-2-4-6-8;2*1-2/h5H,2-4,6H2,1H3;2*1-2H3. The number of carbonyl (C=O) groups is 1. The van der Waals surface area contributed by atoms with E-state index in [0.717, 1.165) is 18.4 Å². The zero-order chi connectivity index (χ0) is 10.7. The third-order valence-electron chi connectivity index (χ3n) is 1.74. The normalized spacial score (nSPS) is 14.1. The molecule has 0 radical (unpaired) electrons. The highest BCUT2D eigenvalue weighted by molar-refractivity contribution is 5.93. The average Bonchev–Trinajstić information content (AvgIpc) is 2.25. The Hall–Kier alpha value is -0.590. The molecule has 0 aromatic carbocycles. The van der Waals surface area contributed by atoms with Gasteiger partial charge in [0.1, 0.15) is 0 Å². The molecule has 0 bridgehead atoms. The third-order valence-corrected chi connectivity index (χ3v) is 1.74. The molecule has 0 atom stereocenters. The van der Waals surface area contributed by atoms with Gasteiger partial charge in [0.25, 0.3) is 0 Å². The molecular weight excluding hydrogens is 160 g/mol. The minimum Gasteiger partial charge on any atom is -0.295 e. The van der Waals surface area contributed by atoms with Crippen LogP contribution in [0.25, 0.3) is 0 Å². The molecule has 0 saturated heterocycles. The van der Waals surface area contributed by atoms with E-state index in [1.807, 2.05) is 27.7 Å². The van der Waals surface area contributed by atoms with E-state index in [9.17, 15) is 4.79 Å². The van der Waals surface area contributed by atoms with Crippen LogP contribution in [0.3, 0.4) is 0 Å². The number of Topliss-reactive ketones (excluding diaryl/α,β-unsaturated/α-hetero) is 1. The lowest BCUT2D eigenvalue weighted by atomic mass is 9.97. The van der Waals surface area contributed by atoms with Gasteiger partial charge in [-0.15, -0.1) is 0 Å². The Labute approximate surface area is 83.2 Å². The predicted molar refractivity (Wildman–Crippen MR) is 59.9 cm³/mol. The quantitative estimate of drug-likeness (QED) is 0.599. The molecule has 0 aliphatic heterocycles. The zero-order valence-corrected chi connectivity index (χ0v) is 9.81. The number of hydrogen-bond donors (Lipinski definition) is 0. The summed E-state index contributed by atoms with van der Waals surface area (Å²) < 4.78 is 0. The highest BCUT2D eigenvalue weighted by atomic mass is 16.1. The van der Waals surface area contributed by atoms with Gasteiger partial charge in [-0.2, -0.15) is 0 Å². The third kappa shape index (κ3) is 7.76. The fourth-order valence-corrected chi connectivity index (χ4v) is 1.16. The van der Waals surface area contributed by atoms with Gasteiger partial charge in [0.15, 0.2) is 5.78 Å². The van der Waals surface area contributed by atoms with Gasteiger partial charge in [-0.05, 0) is 38.2 Å². The summed E-state index contributed by atoms with van der Waals surface area (Å²) in [6.45, 7) is 9.65. The minimum absolute atomic E-state index is 0.259. The first-order valence-electron chi connectivity index (χ1n) is 5.50. The monoisotopic (exact) mass is 184 g/mol. The van der Waals surface area contributed by atoms with Gasteiger partial charge in [-0.3, -0.25) is 4.79 Å². The van der Waals surface area contributed by atoms with Crippen LogP contribution in [0.1, 0.15) is 60.3 Å². The van der Waals surface area contributed by atoms with Crippen molar-refractivity contribution in [1.29, 1.82) is 0 Å². The molecule has 0 amide bonds. The molecular formula is C12H24O. The van der Waals surface area contributed by atoms with Crippen LogP contribution >= 0.6 is 0 Å². The van der Waals surface area contributed by atoms with Gasteiger partial charge in [-0.1, -0.05) is 33.8 Å². The summed E-state index contributed by atoms with van der Waals surface area (Å²) in [5.41, 5.74) is 1.04. The summed E-state index contributed by atoms with van der Waals surface area (Å²) >= 11 is 0. The van der Waals surface area contributed by atoms with Gasteiger partial charge in [0.05, 0.1) is 0 Å². The second kappa shape index (κ2) is 11.4. The molecule has 1 aliphatic rings. The maximum Gasteiger partial charge on any atom is 0.155 e. The van der Waals surface area contributed by atoms with Crippen molar-refractivity contribution in [2.24, 2.45) is 0 Å². The maximum absolute atomic E-state index is 10.7. The van der Waals surface area contributed by atoms with Crippen LogP contribution in [0.15, 0.2) is 11.6 Å². The van der Waals surface area contributed by atoms with Crippen molar-refractivity contribution < 1.29 is 4.79 Å². The lowest BCUT2D eigenvalue weighted by Crippen LogP contribution is -2.00. The molecule has 0 fully saturated rings. The molecule has 0 aromatic heterocycles. The highest BCUT2D eigenvalue weighted by Crippen LogP contribution is 2.17. The van der Waals surface area contributed by atoms with Crippen molar-refractivity contribution in [3.8, 4) is 0 Å². The van der Waals surface area contributed by atoms with E-state index in [-0.39, 0.29) is 5.78 Å². The first kappa shape index (κ1) is 14.9. The molecule has 13 heavy (non-hydrogen) atoms. The van der Waals surface area contributed by atoms with E-state index in [1.165, 1.54) is 12.8 Å². The molecule has 0 aromatic rings. The molecule has 0 saturated carbocycles. The summed E-state index contributed by atoms with van der Waals surface area (Å²) in [6.07, 6.45) is 6.65. The van der Waals surface area contributed by atoms with E-state index < -0.39 is 0 Å². The fraction of sp³-hybridized carbons (Fsp3) is 0.750. The zero-order valence-electron chi connectivity index (χ0n) is 9.81. The number of ketones is 1. The molecule has 1 rings (SSSR count). The molecule has 78 valence electrons. The van der Waals surface area contributed by atoms with Gasteiger partial charge in [-0.25, -0.2) is 0 Å². The summed E-state index contributed by atoms with van der Waals surface area (Å²) in [6, 6.07) is 0. The number of rotatable bonds is 1. The number of hydrogen-bond acceptors (Lipinski definition) is 1. The largest absolute Gasteiger partial charge is 0.295 e. The van der Waals surface area contributed by atoms with Crippen molar-refractivity contribution >= 4 is 5.78 Å². The smallest absolute Gasteiger partial charge is 0.155 e. The lowest BCUT2D eigenvalue weighted by Gasteiger charge is -2.07. The molecule has 0 spiro atoms. The first-order chi connectivity index (χ1) is 6.30. The second-order valence-electron chi connectivity index (χ2n) is 2.53. The highest BCUT2D eigenvalue weighted by Gasteiger charge is 2.06. The second-order valence-corrected chi connectivity index (χ2v) is 2.53. The van der Waals surface area contributed by atoms with Crippen LogP contribution in [-0.4, -0.2) is 5.78 Å². The van der Waals surface area contributed by atoms with Gasteiger partial charge in [0.2, 0.25) is 0 Å². The first-order valence-corrected chi connectivity index (χ1v) is 5.50. The fourth-order valence-electron chi connectivity index (χ4n) is 1.16. The Morgan fingerprint density at radius 1 is 1.15 bits per heavy atom. The topological polar surface area (TPSA) is 17.1 Å². The van der Waals surface area contributed by atoms with Crippen molar-refractivity contribution in [3.63, 3.8) is 0 Å². The van der Waals surface area contributed by atoms with Crippen LogP contribution in [0.4, 0.5) is 0 Å². The van der Waals surface area contributed by atoms with E-state index >= 15 is 0 Å². The summed E-state index contributed by atoms with van der Waals surface area (Å²) in [5, 5.41) is 0.